The summed E-state index contributed by atoms with van der Waals surface area (Å²) in [4.78, 5) is 22.0. The van der Waals surface area contributed by atoms with Gasteiger partial charge in [-0.05, 0) is 38.2 Å². The lowest BCUT2D eigenvalue weighted by molar-refractivity contribution is -0.139. The number of piperidine rings is 1. The van der Waals surface area contributed by atoms with Gasteiger partial charge in [0.2, 0.25) is 5.91 Å². The van der Waals surface area contributed by atoms with E-state index in [1.807, 2.05) is 0 Å². The normalized spacial score (nSPS) is 24.3. The van der Waals surface area contributed by atoms with Crippen LogP contribution in [-0.2, 0) is 4.79 Å². The van der Waals surface area contributed by atoms with Gasteiger partial charge in [-0.3, -0.25) is 4.79 Å². The van der Waals surface area contributed by atoms with E-state index in [9.17, 15) is 4.79 Å². The second kappa shape index (κ2) is 6.96. The molecule has 4 rings (SSSR count). The van der Waals surface area contributed by atoms with Crippen molar-refractivity contribution in [1.82, 2.24) is 9.88 Å². The zero-order valence-corrected chi connectivity index (χ0v) is 16.0. The van der Waals surface area contributed by atoms with Gasteiger partial charge in [0.25, 0.3) is 0 Å². The van der Waals surface area contributed by atoms with Crippen molar-refractivity contribution in [3.05, 3.63) is 22.3 Å². The maximum absolute atomic E-state index is 13.2. The Kier molecular flexibility index (Phi) is 4.85. The largest absolute Gasteiger partial charge is 0.355 e. The average molecular weight is 382 g/mol. The van der Waals surface area contributed by atoms with Crippen LogP contribution in [0, 0.1) is 5.41 Å². The fourth-order valence-electron chi connectivity index (χ4n) is 4.84. The molecule has 0 bridgehead atoms. The minimum absolute atomic E-state index is 0.146. The lowest BCUT2D eigenvalue weighted by Crippen LogP contribution is -2.47. The topological polar surface area (TPSA) is 36.4 Å². The van der Waals surface area contributed by atoms with Crippen molar-refractivity contribution in [2.24, 2.45) is 5.41 Å². The van der Waals surface area contributed by atoms with Crippen LogP contribution in [0.1, 0.15) is 51.4 Å². The monoisotopic (exact) mass is 381 g/mol. The third-order valence-corrected chi connectivity index (χ3v) is 6.85. The van der Waals surface area contributed by atoms with Crippen molar-refractivity contribution in [1.29, 1.82) is 0 Å². The molecule has 2 aliphatic heterocycles. The molecule has 0 atom stereocenters. The molecule has 0 unspecified atom stereocenters. The smallest absolute Gasteiger partial charge is 0.229 e. The molecule has 0 aromatic carbocycles. The summed E-state index contributed by atoms with van der Waals surface area (Å²) in [5, 5.41) is 1.14. The Morgan fingerprint density at radius 2 is 1.72 bits per heavy atom. The van der Waals surface area contributed by atoms with E-state index in [-0.39, 0.29) is 5.41 Å². The average Bonchev–Trinajstić information content (AvgIpc) is 2.93. The van der Waals surface area contributed by atoms with E-state index in [0.29, 0.717) is 22.0 Å². The maximum Gasteiger partial charge on any atom is 0.229 e. The van der Waals surface area contributed by atoms with Crippen LogP contribution in [0.2, 0.25) is 10.0 Å². The van der Waals surface area contributed by atoms with Crippen LogP contribution in [0.25, 0.3) is 0 Å². The Bertz CT molecular complexity index is 652. The number of anilines is 1. The van der Waals surface area contributed by atoms with Crippen molar-refractivity contribution < 1.29 is 4.79 Å². The summed E-state index contributed by atoms with van der Waals surface area (Å²) in [5.74, 6) is 1.20. The number of hydrogen-bond donors (Lipinski definition) is 0. The second-order valence-electron chi connectivity index (χ2n) is 7.77. The van der Waals surface area contributed by atoms with Gasteiger partial charge in [-0.1, -0.05) is 42.5 Å². The second-order valence-corrected chi connectivity index (χ2v) is 8.61. The van der Waals surface area contributed by atoms with Crippen LogP contribution in [-0.4, -0.2) is 41.5 Å². The Balaban J connectivity index is 1.43. The number of halogens is 2. The highest BCUT2D eigenvalue weighted by Gasteiger charge is 2.49. The lowest BCUT2D eigenvalue weighted by Gasteiger charge is -2.40. The summed E-state index contributed by atoms with van der Waals surface area (Å²) in [6.45, 7) is 2.61. The first-order chi connectivity index (χ1) is 12.1. The minimum Gasteiger partial charge on any atom is -0.355 e. The summed E-state index contributed by atoms with van der Waals surface area (Å²) in [6, 6.07) is 2.23. The third-order valence-electron chi connectivity index (χ3n) is 6.37. The van der Waals surface area contributed by atoms with E-state index in [0.717, 1.165) is 44.7 Å². The van der Waals surface area contributed by atoms with Crippen molar-refractivity contribution >= 4 is 34.9 Å². The number of aromatic nitrogens is 1. The van der Waals surface area contributed by atoms with E-state index in [4.69, 9.17) is 23.2 Å². The van der Waals surface area contributed by atoms with Crippen LogP contribution in [0.3, 0.4) is 0 Å². The zero-order valence-electron chi connectivity index (χ0n) is 14.5. The van der Waals surface area contributed by atoms with Gasteiger partial charge in [0.15, 0.2) is 0 Å². The van der Waals surface area contributed by atoms with Crippen molar-refractivity contribution in [2.45, 2.75) is 57.4 Å². The summed E-state index contributed by atoms with van der Waals surface area (Å²) in [5.41, 5.74) is -0.146. The Labute approximate surface area is 159 Å². The molecule has 1 aromatic heterocycles. The van der Waals surface area contributed by atoms with Crippen LogP contribution in [0.15, 0.2) is 12.3 Å². The predicted octanol–water partition coefficient (Wildman–Crippen LogP) is 4.54. The Morgan fingerprint density at radius 3 is 2.40 bits per heavy atom. The lowest BCUT2D eigenvalue weighted by atomic mass is 9.77. The third kappa shape index (κ3) is 3.23. The fourth-order valence-corrected chi connectivity index (χ4v) is 5.34. The molecule has 0 radical (unpaired) electrons. The van der Waals surface area contributed by atoms with Crippen molar-refractivity contribution in [3.8, 4) is 0 Å². The van der Waals surface area contributed by atoms with Crippen molar-refractivity contribution in [2.75, 3.05) is 24.5 Å². The van der Waals surface area contributed by atoms with Gasteiger partial charge in [0, 0.05) is 31.9 Å². The van der Waals surface area contributed by atoms with E-state index < -0.39 is 0 Å². The van der Waals surface area contributed by atoms with Gasteiger partial charge in [-0.25, -0.2) is 4.98 Å². The summed E-state index contributed by atoms with van der Waals surface area (Å²) < 4.78 is 0. The minimum atomic E-state index is -0.146. The molecule has 4 nitrogen and oxygen atoms in total. The molecule has 1 aromatic rings. The molecule has 3 aliphatic rings. The molecule has 1 amide bonds. The van der Waals surface area contributed by atoms with E-state index in [1.54, 1.807) is 12.3 Å². The molecule has 136 valence electrons. The molecular weight excluding hydrogens is 357 g/mol. The maximum atomic E-state index is 13.2. The van der Waals surface area contributed by atoms with E-state index >= 15 is 0 Å². The molecule has 1 aliphatic carbocycles. The number of carbonyl (C=O) groups is 1. The Hall–Kier alpha value is -1.000. The highest BCUT2D eigenvalue weighted by Crippen LogP contribution is 2.44. The van der Waals surface area contributed by atoms with Crippen LogP contribution in [0.5, 0.6) is 0 Å². The van der Waals surface area contributed by atoms with Gasteiger partial charge in [-0.15, -0.1) is 0 Å². The molecule has 3 heterocycles. The highest BCUT2D eigenvalue weighted by atomic mass is 35.5. The Morgan fingerprint density at radius 1 is 1.04 bits per heavy atom. The number of likely N-dealkylation sites (tertiary alicyclic amines) is 1. The van der Waals surface area contributed by atoms with Crippen LogP contribution < -0.4 is 4.90 Å². The first kappa shape index (κ1) is 17.4. The molecule has 1 saturated carbocycles. The molecule has 25 heavy (non-hydrogen) atoms. The molecule has 1 spiro atoms. The summed E-state index contributed by atoms with van der Waals surface area (Å²) in [6.07, 6.45) is 10.7. The van der Waals surface area contributed by atoms with Crippen molar-refractivity contribution in [3.63, 3.8) is 0 Å². The first-order valence-corrected chi connectivity index (χ1v) is 10.2. The molecule has 2 saturated heterocycles. The van der Waals surface area contributed by atoms with Gasteiger partial charge in [0.05, 0.1) is 15.5 Å². The van der Waals surface area contributed by atoms with Gasteiger partial charge in [-0.2, -0.15) is 0 Å². The van der Waals surface area contributed by atoms with Gasteiger partial charge in [0.1, 0.15) is 5.82 Å². The number of amides is 1. The van der Waals surface area contributed by atoms with Gasteiger partial charge >= 0.3 is 0 Å². The number of carbonyl (C=O) groups excluding carboxylic acids is 1. The van der Waals surface area contributed by atoms with Crippen LogP contribution in [0.4, 0.5) is 5.82 Å². The molecule has 3 fully saturated rings. The predicted molar refractivity (Wildman–Crippen MR) is 101 cm³/mol. The number of rotatable bonds is 2. The standard InChI is InChI=1S/C19H25Cl2N3O/c20-14-12-16(21)17(22-13-14)23-9-6-19(7-10-23)8-11-24(18(19)25)15-4-2-1-3-5-15/h12-13,15H,1-11H2. The highest BCUT2D eigenvalue weighted by molar-refractivity contribution is 6.36. The molecule has 0 N–H and O–H groups in total. The quantitative estimate of drug-likeness (QED) is 0.754. The number of pyridine rings is 1. The first-order valence-electron chi connectivity index (χ1n) is 9.46. The fraction of sp³-hybridized carbons (Fsp3) is 0.684. The SMILES string of the molecule is O=C1N(C2CCCCC2)CCC12CCN(c1ncc(Cl)cc1Cl)CC2. The number of hydrogen-bond acceptors (Lipinski definition) is 3. The zero-order chi connectivity index (χ0) is 17.4. The van der Waals surface area contributed by atoms with Gasteiger partial charge < -0.3 is 9.80 Å². The van der Waals surface area contributed by atoms with Crippen LogP contribution >= 0.6 is 23.2 Å². The molecule has 6 heteroatoms. The van der Waals surface area contributed by atoms with E-state index in [2.05, 4.69) is 14.8 Å². The summed E-state index contributed by atoms with van der Waals surface area (Å²) in [7, 11) is 0. The summed E-state index contributed by atoms with van der Waals surface area (Å²) >= 11 is 12.3. The number of nitrogens with zero attached hydrogens (tertiary/aromatic N) is 3. The van der Waals surface area contributed by atoms with E-state index in [1.165, 1.54) is 32.1 Å². The molecular formula is C19H25Cl2N3O.